The number of ether oxygens (including phenoxy) is 3. The fraction of sp³-hybridized carbons (Fsp3) is 0.240. The summed E-state index contributed by atoms with van der Waals surface area (Å²) in [6.07, 6.45) is 0.510. The second kappa shape index (κ2) is 11.6. The molecular weight excluding hydrogens is 462 g/mol. The Morgan fingerprint density at radius 3 is 2.35 bits per heavy atom. The molecule has 34 heavy (non-hydrogen) atoms. The number of hydrogen-bond donors (Lipinski definition) is 0. The van der Waals surface area contributed by atoms with Crippen molar-refractivity contribution in [3.63, 3.8) is 0 Å². The van der Waals surface area contributed by atoms with Crippen molar-refractivity contribution in [2.24, 2.45) is 0 Å². The second-order valence-corrected chi connectivity index (χ2v) is 8.09. The van der Waals surface area contributed by atoms with Gasteiger partial charge in [0.2, 0.25) is 0 Å². The van der Waals surface area contributed by atoms with Crippen molar-refractivity contribution in [3.8, 4) is 17.2 Å². The predicted molar refractivity (Wildman–Crippen MR) is 127 cm³/mol. The summed E-state index contributed by atoms with van der Waals surface area (Å²) in [6, 6.07) is 11.7. The maximum Gasteiger partial charge on any atom is 0.280 e. The number of hydrogen-bond acceptors (Lipinski definition) is 7. The molecule has 0 aliphatic heterocycles. The number of methoxy groups -OCH3 is 3. The summed E-state index contributed by atoms with van der Waals surface area (Å²) in [5, 5.41) is 0.266. The van der Waals surface area contributed by atoms with Gasteiger partial charge in [-0.05, 0) is 55.0 Å². The molecular formula is C25H24F2N2O4S. The molecule has 0 aliphatic carbocycles. The Kier molecular flexibility index (Phi) is 8.59. The fourth-order valence-corrected chi connectivity index (χ4v) is 4.04. The van der Waals surface area contributed by atoms with E-state index in [1.165, 1.54) is 38.1 Å². The van der Waals surface area contributed by atoms with Crippen LogP contribution < -0.4 is 14.2 Å². The summed E-state index contributed by atoms with van der Waals surface area (Å²) in [4.78, 5) is 20.8. The van der Waals surface area contributed by atoms with Crippen LogP contribution in [-0.4, -0.2) is 37.1 Å². The Bertz CT molecular complexity index is 1200. The molecule has 0 spiro atoms. The first kappa shape index (κ1) is 25.2. The van der Waals surface area contributed by atoms with Crippen molar-refractivity contribution in [1.29, 1.82) is 0 Å². The number of ketones is 1. The summed E-state index contributed by atoms with van der Waals surface area (Å²) in [5.41, 5.74) is 2.24. The first-order valence-corrected chi connectivity index (χ1v) is 11.2. The Labute approximate surface area is 201 Å². The van der Waals surface area contributed by atoms with Crippen molar-refractivity contribution < 1.29 is 27.8 Å². The number of aryl methyl sites for hydroxylation is 1. The van der Waals surface area contributed by atoms with E-state index >= 15 is 0 Å². The zero-order valence-corrected chi connectivity index (χ0v) is 20.0. The van der Waals surface area contributed by atoms with E-state index in [4.69, 9.17) is 14.2 Å². The molecule has 9 heteroatoms. The van der Waals surface area contributed by atoms with Crippen LogP contribution in [0.1, 0.15) is 39.3 Å². The van der Waals surface area contributed by atoms with Crippen molar-refractivity contribution in [3.05, 3.63) is 76.6 Å². The third-order valence-electron chi connectivity index (χ3n) is 4.83. The second-order valence-electron chi connectivity index (χ2n) is 7.14. The molecule has 1 aromatic heterocycles. The highest BCUT2D eigenvalue weighted by molar-refractivity contribution is 7.98. The van der Waals surface area contributed by atoms with Gasteiger partial charge in [-0.2, -0.15) is 0 Å². The third-order valence-corrected chi connectivity index (χ3v) is 5.73. The van der Waals surface area contributed by atoms with Crippen molar-refractivity contribution in [1.82, 2.24) is 9.97 Å². The molecule has 3 aromatic rings. The number of benzene rings is 2. The highest BCUT2D eigenvalue weighted by Gasteiger charge is 2.13. The molecule has 0 radical (unpaired) electrons. The monoisotopic (exact) mass is 486 g/mol. The van der Waals surface area contributed by atoms with E-state index in [2.05, 4.69) is 9.97 Å². The van der Waals surface area contributed by atoms with Crippen LogP contribution in [0.25, 0.3) is 6.08 Å². The molecule has 3 rings (SSSR count). The summed E-state index contributed by atoms with van der Waals surface area (Å²) in [7, 11) is 4.59. The topological polar surface area (TPSA) is 70.5 Å². The Morgan fingerprint density at radius 2 is 1.68 bits per heavy atom. The minimum absolute atomic E-state index is 0.194. The van der Waals surface area contributed by atoms with Gasteiger partial charge >= 0.3 is 0 Å². The smallest absolute Gasteiger partial charge is 0.280 e. The quantitative estimate of drug-likeness (QED) is 0.152. The molecule has 0 saturated heterocycles. The van der Waals surface area contributed by atoms with Crippen molar-refractivity contribution >= 4 is 23.6 Å². The molecule has 1 heterocycles. The molecule has 0 amide bonds. The van der Waals surface area contributed by atoms with Gasteiger partial charge in [-0.15, -0.1) is 0 Å². The van der Waals surface area contributed by atoms with Crippen LogP contribution in [0.2, 0.25) is 0 Å². The highest BCUT2D eigenvalue weighted by atomic mass is 32.2. The lowest BCUT2D eigenvalue weighted by Crippen LogP contribution is -1.98. The largest absolute Gasteiger partial charge is 0.496 e. The number of thioether (sulfide) groups is 1. The van der Waals surface area contributed by atoms with Crippen LogP contribution in [0.15, 0.2) is 53.7 Å². The van der Waals surface area contributed by atoms with Crippen LogP contribution in [0.3, 0.4) is 0 Å². The molecule has 178 valence electrons. The molecule has 0 atom stereocenters. The van der Waals surface area contributed by atoms with Gasteiger partial charge in [-0.1, -0.05) is 23.9 Å². The predicted octanol–water partition coefficient (Wildman–Crippen LogP) is 5.94. The van der Waals surface area contributed by atoms with E-state index in [1.807, 2.05) is 12.1 Å². The summed E-state index contributed by atoms with van der Waals surface area (Å²) < 4.78 is 42.0. The van der Waals surface area contributed by atoms with Crippen LogP contribution in [-0.2, 0) is 5.75 Å². The van der Waals surface area contributed by atoms with Crippen molar-refractivity contribution in [2.75, 3.05) is 21.3 Å². The number of halogens is 2. The first-order chi connectivity index (χ1) is 16.3. The van der Waals surface area contributed by atoms with Gasteiger partial charge in [0.25, 0.3) is 6.43 Å². The number of aromatic nitrogens is 2. The van der Waals surface area contributed by atoms with E-state index in [-0.39, 0.29) is 16.6 Å². The van der Waals surface area contributed by atoms with Crippen LogP contribution >= 0.6 is 11.8 Å². The van der Waals surface area contributed by atoms with Gasteiger partial charge in [0.15, 0.2) is 22.4 Å². The molecule has 0 unspecified atom stereocenters. The lowest BCUT2D eigenvalue weighted by molar-refractivity contribution is 0.104. The number of alkyl halides is 2. The zero-order valence-electron chi connectivity index (χ0n) is 19.2. The molecule has 2 aromatic carbocycles. The maximum absolute atomic E-state index is 13.0. The Balaban J connectivity index is 1.77. The number of allylic oxidation sites excluding steroid dienone is 1. The zero-order chi connectivity index (χ0) is 24.7. The summed E-state index contributed by atoms with van der Waals surface area (Å²) >= 11 is 1.23. The molecule has 0 saturated carbocycles. The first-order valence-electron chi connectivity index (χ1n) is 10.2. The molecule has 6 nitrogen and oxygen atoms in total. The molecule has 0 fully saturated rings. The van der Waals surface area contributed by atoms with E-state index in [0.29, 0.717) is 34.3 Å². The van der Waals surface area contributed by atoms with Gasteiger partial charge in [0.1, 0.15) is 11.4 Å². The van der Waals surface area contributed by atoms with Gasteiger partial charge in [0.05, 0.1) is 21.3 Å². The maximum atomic E-state index is 13.0. The SMILES string of the molecule is COc1ccc(/C=C/C(=O)c2ccc(OC)c(OC)c2)cc1CSc1nc(C)cc(C(F)F)n1. The van der Waals surface area contributed by atoms with E-state index in [9.17, 15) is 13.6 Å². The average molecular weight is 487 g/mol. The summed E-state index contributed by atoms with van der Waals surface area (Å²) in [5.74, 6) is 1.86. The molecule has 0 bridgehead atoms. The lowest BCUT2D eigenvalue weighted by atomic mass is 10.1. The average Bonchev–Trinajstić information content (AvgIpc) is 2.85. The Hall–Kier alpha value is -3.46. The number of rotatable bonds is 10. The highest BCUT2D eigenvalue weighted by Crippen LogP contribution is 2.30. The lowest BCUT2D eigenvalue weighted by Gasteiger charge is -2.10. The van der Waals surface area contributed by atoms with Crippen molar-refractivity contribution in [2.45, 2.75) is 24.3 Å². The van der Waals surface area contributed by atoms with Crippen LogP contribution in [0.4, 0.5) is 8.78 Å². The van der Waals surface area contributed by atoms with E-state index in [1.54, 1.807) is 44.4 Å². The van der Waals surface area contributed by atoms with Gasteiger partial charge in [-0.25, -0.2) is 18.7 Å². The number of carbonyl (C=O) groups excluding carboxylic acids is 1. The fourth-order valence-electron chi connectivity index (χ4n) is 3.16. The standard InChI is InChI=1S/C25H24F2N2O4S/c1-15-11-19(24(26)27)29-25(28-15)34-14-18-12-16(6-9-21(18)31-2)5-8-20(30)17-7-10-22(32-3)23(13-17)33-4/h5-13,24H,14H2,1-4H3/b8-5+. The molecule has 0 N–H and O–H groups in total. The van der Waals surface area contributed by atoms with Gasteiger partial charge in [-0.3, -0.25) is 4.79 Å². The third kappa shape index (κ3) is 6.32. The Morgan fingerprint density at radius 1 is 0.971 bits per heavy atom. The number of carbonyl (C=O) groups is 1. The van der Waals surface area contributed by atoms with Crippen LogP contribution in [0, 0.1) is 6.92 Å². The minimum atomic E-state index is -2.66. The van der Waals surface area contributed by atoms with E-state index < -0.39 is 6.43 Å². The van der Waals surface area contributed by atoms with Gasteiger partial charge in [0, 0.05) is 22.6 Å². The van der Waals surface area contributed by atoms with Gasteiger partial charge < -0.3 is 14.2 Å². The minimum Gasteiger partial charge on any atom is -0.496 e. The normalized spacial score (nSPS) is 11.1. The van der Waals surface area contributed by atoms with Crippen LogP contribution in [0.5, 0.6) is 17.2 Å². The molecule has 0 aliphatic rings. The van der Waals surface area contributed by atoms with E-state index in [0.717, 1.165) is 11.1 Å². The summed E-state index contributed by atoms with van der Waals surface area (Å²) in [6.45, 7) is 1.65. The number of nitrogens with zero attached hydrogens (tertiary/aromatic N) is 2.